The van der Waals surface area contributed by atoms with Gasteiger partial charge in [0, 0.05) is 37.9 Å². The second-order valence-corrected chi connectivity index (χ2v) is 13.6. The van der Waals surface area contributed by atoms with Gasteiger partial charge in [-0.25, -0.2) is 9.78 Å². The minimum atomic E-state index is -0.413. The van der Waals surface area contributed by atoms with Gasteiger partial charge < -0.3 is 25.0 Å². The van der Waals surface area contributed by atoms with Crippen LogP contribution in [0.1, 0.15) is 41.9 Å². The van der Waals surface area contributed by atoms with Crippen LogP contribution in [-0.4, -0.2) is 60.6 Å². The first-order valence-corrected chi connectivity index (χ1v) is 16.5. The van der Waals surface area contributed by atoms with Crippen LogP contribution in [0, 0.1) is 24.7 Å². The number of benzene rings is 2. The lowest BCUT2D eigenvalue weighted by Crippen LogP contribution is -2.50. The van der Waals surface area contributed by atoms with Gasteiger partial charge in [-0.3, -0.25) is 14.5 Å². The zero-order chi connectivity index (χ0) is 34.0. The number of terminal acetylenes is 1. The molecule has 10 nitrogen and oxygen atoms in total. The predicted octanol–water partition coefficient (Wildman–Crippen LogP) is 7.03. The Morgan fingerprint density at radius 2 is 1.96 bits per heavy atom. The lowest BCUT2D eigenvalue weighted by molar-refractivity contribution is -0.128. The van der Waals surface area contributed by atoms with Gasteiger partial charge in [-0.05, 0) is 61.7 Å². The molecule has 0 spiro atoms. The fourth-order valence-corrected chi connectivity index (χ4v) is 7.24. The van der Waals surface area contributed by atoms with Crippen molar-refractivity contribution in [1.82, 2.24) is 15.2 Å². The third-order valence-electron chi connectivity index (χ3n) is 8.32. The van der Waals surface area contributed by atoms with Crippen molar-refractivity contribution in [3.8, 4) is 23.8 Å². The Balaban J connectivity index is 1.22. The van der Waals surface area contributed by atoms with Crippen LogP contribution in [0.4, 0.5) is 21.9 Å². The van der Waals surface area contributed by atoms with Crippen LogP contribution in [0.3, 0.4) is 0 Å². The van der Waals surface area contributed by atoms with Gasteiger partial charge in [0.1, 0.15) is 21.2 Å². The molecule has 1 atom stereocenters. The van der Waals surface area contributed by atoms with Crippen molar-refractivity contribution in [1.29, 1.82) is 0 Å². The van der Waals surface area contributed by atoms with E-state index in [0.717, 1.165) is 5.56 Å². The molecule has 1 saturated heterocycles. The summed E-state index contributed by atoms with van der Waals surface area (Å²) in [6.07, 6.45) is 10.6. The quantitative estimate of drug-likeness (QED) is 0.147. The third kappa shape index (κ3) is 6.63. The Kier molecular flexibility index (Phi) is 9.22. The highest BCUT2D eigenvalue weighted by atomic mass is 32.1. The number of methoxy groups -OCH3 is 1. The summed E-state index contributed by atoms with van der Waals surface area (Å²) in [4.78, 5) is 49.6. The van der Waals surface area contributed by atoms with Crippen LogP contribution in [0.2, 0.25) is 0 Å². The lowest BCUT2D eigenvalue weighted by Gasteiger charge is -2.33. The number of urea groups is 1. The second kappa shape index (κ2) is 13.5. The Bertz CT molecular complexity index is 1960. The van der Waals surface area contributed by atoms with Crippen molar-refractivity contribution < 1.29 is 23.9 Å². The number of ether oxygens (including phenoxy) is 2. The van der Waals surface area contributed by atoms with Crippen LogP contribution in [0.5, 0.6) is 11.5 Å². The molecule has 0 aliphatic carbocycles. The number of pyridine rings is 1. The molecule has 246 valence electrons. The van der Waals surface area contributed by atoms with Crippen LogP contribution in [0.25, 0.3) is 10.2 Å². The van der Waals surface area contributed by atoms with Gasteiger partial charge in [-0.1, -0.05) is 44.0 Å². The Morgan fingerprint density at radius 3 is 2.69 bits per heavy atom. The molecule has 0 saturated carbocycles. The number of nitrogens with zero attached hydrogens (tertiary/aromatic N) is 3. The molecule has 1 fully saturated rings. The van der Waals surface area contributed by atoms with Crippen molar-refractivity contribution in [2.24, 2.45) is 5.41 Å². The lowest BCUT2D eigenvalue weighted by atomic mass is 9.91. The summed E-state index contributed by atoms with van der Waals surface area (Å²) in [5.41, 5.74) is 2.44. The summed E-state index contributed by atoms with van der Waals surface area (Å²) in [5.74, 6) is 3.34. The minimum Gasteiger partial charge on any atom is -0.457 e. The fraction of sp³-hybridized carbons (Fsp3) is 0.297. The molecule has 0 bridgehead atoms. The smallest absolute Gasteiger partial charge is 0.331 e. The summed E-state index contributed by atoms with van der Waals surface area (Å²) >= 11 is 1.22. The Morgan fingerprint density at radius 1 is 1.17 bits per heavy atom. The molecule has 2 aliphatic heterocycles. The monoisotopic (exact) mass is 663 g/mol. The first-order valence-electron chi connectivity index (χ1n) is 15.7. The van der Waals surface area contributed by atoms with E-state index in [1.165, 1.54) is 11.3 Å². The van der Waals surface area contributed by atoms with Gasteiger partial charge in [-0.15, -0.1) is 17.8 Å². The Hall–Kier alpha value is -5.18. The first-order chi connectivity index (χ1) is 23.1. The molecule has 4 heterocycles. The number of nitrogens with one attached hydrogen (secondary N) is 2. The molecule has 6 rings (SSSR count). The standard InChI is InChI=1S/C37H37N5O5S/c1-6-24(20-37(3,4)22-46-5)35(44)41-18-10-11-25(21-41)39-33(43)32-31-30-29(16-17-38-34(30)48-32)42(36(45)40-31)28-15-14-27(19-23(28)2)47-26-12-8-7-9-13-26/h1,7-9,12-17,19-20,25H,10-11,18,21-22H2,2-5H3,(H,39,43)(H,40,45)/b24-20-/t25-/m1/s1. The van der Waals surface area contributed by atoms with Gasteiger partial charge in [0.25, 0.3) is 11.8 Å². The van der Waals surface area contributed by atoms with Gasteiger partial charge >= 0.3 is 6.03 Å². The average molecular weight is 664 g/mol. The van der Waals surface area contributed by atoms with Crippen LogP contribution in [0.15, 0.2) is 72.4 Å². The largest absolute Gasteiger partial charge is 0.457 e. The number of hydrogen-bond acceptors (Lipinski definition) is 7. The second-order valence-electron chi connectivity index (χ2n) is 12.6. The number of anilines is 3. The molecule has 2 aromatic heterocycles. The fourth-order valence-electron chi connectivity index (χ4n) is 6.22. The number of likely N-dealkylation sites (tertiary alicyclic amines) is 1. The average Bonchev–Trinajstić information content (AvgIpc) is 3.44. The zero-order valence-electron chi connectivity index (χ0n) is 27.3. The van der Waals surface area contributed by atoms with E-state index < -0.39 is 5.41 Å². The summed E-state index contributed by atoms with van der Waals surface area (Å²) < 4.78 is 11.3. The van der Waals surface area contributed by atoms with Crippen LogP contribution < -0.4 is 20.3 Å². The molecular formula is C37H37N5O5S. The number of piperidine rings is 1. The highest BCUT2D eigenvalue weighted by molar-refractivity contribution is 7.21. The van der Waals surface area contributed by atoms with Crippen molar-refractivity contribution in [3.05, 3.63) is 82.9 Å². The Labute approximate surface area is 283 Å². The number of para-hydroxylation sites is 1. The number of aryl methyl sites for hydroxylation is 1. The van der Waals surface area contributed by atoms with Crippen LogP contribution in [-0.2, 0) is 9.53 Å². The molecule has 2 N–H and O–H groups in total. The van der Waals surface area contributed by atoms with Gasteiger partial charge in [0.15, 0.2) is 0 Å². The molecule has 11 heteroatoms. The van der Waals surface area contributed by atoms with Crippen molar-refractivity contribution in [3.63, 3.8) is 0 Å². The van der Waals surface area contributed by atoms with Crippen molar-refractivity contribution in [2.75, 3.05) is 37.0 Å². The van der Waals surface area contributed by atoms with E-state index in [0.29, 0.717) is 76.2 Å². The summed E-state index contributed by atoms with van der Waals surface area (Å²) in [7, 11) is 1.61. The van der Waals surface area contributed by atoms with Gasteiger partial charge in [0.05, 0.1) is 34.6 Å². The van der Waals surface area contributed by atoms with E-state index >= 15 is 0 Å². The number of aromatic nitrogens is 1. The highest BCUT2D eigenvalue weighted by Crippen LogP contribution is 2.46. The topological polar surface area (TPSA) is 113 Å². The SMILES string of the molecule is C#C/C(=C/C(C)(C)COC)C(=O)N1CCC[C@@H](NC(=O)c2sc3nccc4c3c2NC(=O)N4c2ccc(Oc3ccccc3)cc2C)C1. The molecule has 4 aromatic rings. The van der Waals surface area contributed by atoms with Gasteiger partial charge in [0.2, 0.25) is 0 Å². The predicted molar refractivity (Wildman–Crippen MR) is 188 cm³/mol. The normalized spacial score (nSPS) is 16.4. The molecular weight excluding hydrogens is 627 g/mol. The maximum absolute atomic E-state index is 13.8. The number of rotatable bonds is 9. The van der Waals surface area contributed by atoms with Crippen LogP contribution >= 0.6 is 11.3 Å². The summed E-state index contributed by atoms with van der Waals surface area (Å²) in [5, 5.41) is 6.75. The number of thiophene rings is 1. The maximum atomic E-state index is 13.8. The summed E-state index contributed by atoms with van der Waals surface area (Å²) in [6, 6.07) is 16.1. The van der Waals surface area contributed by atoms with E-state index in [9.17, 15) is 14.4 Å². The van der Waals surface area contributed by atoms with Gasteiger partial charge in [-0.2, -0.15) is 0 Å². The number of carbonyl (C=O) groups is 3. The van der Waals surface area contributed by atoms with Crippen molar-refractivity contribution in [2.45, 2.75) is 39.7 Å². The maximum Gasteiger partial charge on any atom is 0.331 e. The third-order valence-corrected chi connectivity index (χ3v) is 9.42. The number of hydrogen-bond donors (Lipinski definition) is 2. The van der Waals surface area contributed by atoms with E-state index in [1.54, 1.807) is 35.2 Å². The molecule has 2 aromatic carbocycles. The van der Waals surface area contributed by atoms with Crippen molar-refractivity contribution >= 4 is 56.5 Å². The molecule has 0 unspecified atom stereocenters. The minimum absolute atomic E-state index is 0.242. The highest BCUT2D eigenvalue weighted by Gasteiger charge is 2.35. The molecule has 0 radical (unpaired) electrons. The van der Waals surface area contributed by atoms with E-state index in [-0.39, 0.29) is 29.5 Å². The molecule has 48 heavy (non-hydrogen) atoms. The van der Waals surface area contributed by atoms with E-state index in [1.807, 2.05) is 69.3 Å². The number of carbonyl (C=O) groups excluding carboxylic acids is 3. The molecule has 2 aliphatic rings. The number of amides is 4. The molecule has 4 amide bonds. The zero-order valence-corrected chi connectivity index (χ0v) is 28.1. The van der Waals surface area contributed by atoms with E-state index in [2.05, 4.69) is 21.5 Å². The van der Waals surface area contributed by atoms with E-state index in [4.69, 9.17) is 15.9 Å². The summed E-state index contributed by atoms with van der Waals surface area (Å²) in [6.45, 7) is 7.11. The first kappa shape index (κ1) is 32.7.